The number of carbonyl (C=O) groups is 2. The number of carbonyl (C=O) groups excluding carboxylic acids is 2. The molecule has 3 aromatic carbocycles. The average molecular weight is 604 g/mol. The summed E-state index contributed by atoms with van der Waals surface area (Å²) >= 11 is 0. The van der Waals surface area contributed by atoms with Gasteiger partial charge >= 0.3 is 11.9 Å². The number of nitrogens with zero attached hydrogens (tertiary/aromatic N) is 4. The lowest BCUT2D eigenvalue weighted by Crippen LogP contribution is -2.46. The third kappa shape index (κ3) is 9.01. The molecule has 2 heterocycles. The predicted octanol–water partition coefficient (Wildman–Crippen LogP) is 4.37. The van der Waals surface area contributed by atoms with Crippen LogP contribution in [0.5, 0.6) is 0 Å². The van der Waals surface area contributed by atoms with Crippen LogP contribution in [0.15, 0.2) is 72.8 Å². The Bertz CT molecular complexity index is 1370. The number of ether oxygens (including phenoxy) is 2. The lowest BCUT2D eigenvalue weighted by molar-refractivity contribution is -0.385. The van der Waals surface area contributed by atoms with Gasteiger partial charge in [0.25, 0.3) is 5.69 Å². The molecule has 0 atom stereocenters. The second-order valence-electron chi connectivity index (χ2n) is 10.4. The molecule has 234 valence electrons. The molecule has 2 aliphatic rings. The number of anilines is 2. The van der Waals surface area contributed by atoms with Crippen LogP contribution in [0.4, 0.5) is 17.1 Å². The first-order valence-corrected chi connectivity index (χ1v) is 15.1. The molecule has 2 saturated heterocycles. The molecule has 0 amide bonds. The Morgan fingerprint density at radius 3 is 1.68 bits per heavy atom. The number of benzene rings is 3. The van der Waals surface area contributed by atoms with E-state index >= 15 is 0 Å². The topological polar surface area (TPSA) is 117 Å². The highest BCUT2D eigenvalue weighted by Crippen LogP contribution is 2.22. The predicted molar refractivity (Wildman–Crippen MR) is 170 cm³/mol. The molecule has 3 aromatic rings. The number of hydrogen-bond acceptors (Lipinski definition) is 10. The minimum absolute atomic E-state index is 0.175. The number of piperazine rings is 2. The summed E-state index contributed by atoms with van der Waals surface area (Å²) in [5.74, 6) is -0.558. The van der Waals surface area contributed by atoms with Crippen LogP contribution in [-0.2, 0) is 16.0 Å². The van der Waals surface area contributed by atoms with E-state index in [1.807, 2.05) is 55.5 Å². The van der Waals surface area contributed by atoms with Crippen molar-refractivity contribution in [3.8, 4) is 0 Å². The molecule has 0 radical (unpaired) electrons. The minimum Gasteiger partial charge on any atom is -0.462 e. The molecule has 0 aliphatic carbocycles. The number of nitro benzene ring substituents is 1. The first-order valence-electron chi connectivity index (χ1n) is 15.1. The van der Waals surface area contributed by atoms with Gasteiger partial charge in [0.2, 0.25) is 0 Å². The first-order chi connectivity index (χ1) is 21.4. The fraction of sp³-hybridized carbons (Fsp3) is 0.394. The van der Waals surface area contributed by atoms with Crippen LogP contribution in [0.1, 0.15) is 40.1 Å². The average Bonchev–Trinajstić information content (AvgIpc) is 3.06. The molecule has 0 saturated carbocycles. The highest BCUT2D eigenvalue weighted by molar-refractivity contribution is 5.90. The summed E-state index contributed by atoms with van der Waals surface area (Å²) in [6, 6.07) is 22.0. The largest absolute Gasteiger partial charge is 0.462 e. The summed E-state index contributed by atoms with van der Waals surface area (Å²) in [5, 5.41) is 14.5. The zero-order valence-corrected chi connectivity index (χ0v) is 25.4. The Balaban J connectivity index is 0.000000223. The molecule has 0 spiro atoms. The normalized spacial score (nSPS) is 15.1. The lowest BCUT2D eigenvalue weighted by Gasteiger charge is -2.36. The summed E-state index contributed by atoms with van der Waals surface area (Å²) < 4.78 is 9.95. The molecule has 1 N–H and O–H groups in total. The lowest BCUT2D eigenvalue weighted by atomic mass is 10.1. The smallest absolute Gasteiger partial charge is 0.338 e. The number of hydrogen-bond donors (Lipinski definition) is 1. The molecule has 5 rings (SSSR count). The fourth-order valence-electron chi connectivity index (χ4n) is 5.20. The first kappa shape index (κ1) is 32.4. The van der Waals surface area contributed by atoms with Crippen molar-refractivity contribution in [2.45, 2.75) is 20.4 Å². The number of nitrogens with one attached hydrogen (secondary N) is 1. The monoisotopic (exact) mass is 603 g/mol. The zero-order valence-electron chi connectivity index (χ0n) is 25.4. The van der Waals surface area contributed by atoms with E-state index in [2.05, 4.69) is 20.0 Å². The second kappa shape index (κ2) is 16.4. The molecule has 44 heavy (non-hydrogen) atoms. The standard InChI is InChI=1S/C20H23N3O4.C13H18N2O2/c1-2-27-20(24)16-7-9-18(10-8-16)22-13-11-21(12-14-22)15-17-5-3-4-6-19(17)23(25)26;1-2-17-13(16)11-3-5-12(6-4-11)15-9-7-14-8-10-15/h3-10H,2,11-15H2,1H3;3-6,14H,2,7-10H2,1H3. The maximum atomic E-state index is 11.7. The Labute approximate surface area is 258 Å². The van der Waals surface area contributed by atoms with Gasteiger partial charge in [0.1, 0.15) is 0 Å². The highest BCUT2D eigenvalue weighted by atomic mass is 16.6. The van der Waals surface area contributed by atoms with E-state index in [4.69, 9.17) is 9.47 Å². The van der Waals surface area contributed by atoms with E-state index < -0.39 is 0 Å². The van der Waals surface area contributed by atoms with Gasteiger partial charge in [-0.1, -0.05) is 18.2 Å². The molecule has 2 aliphatic heterocycles. The highest BCUT2D eigenvalue weighted by Gasteiger charge is 2.21. The summed E-state index contributed by atoms with van der Waals surface area (Å²) in [5.41, 5.74) is 4.32. The molecule has 0 unspecified atom stereocenters. The molecule has 2 fully saturated rings. The van der Waals surface area contributed by atoms with E-state index in [0.29, 0.717) is 30.9 Å². The third-order valence-electron chi connectivity index (χ3n) is 7.56. The van der Waals surface area contributed by atoms with Gasteiger partial charge in [-0.25, -0.2) is 9.59 Å². The quantitative estimate of drug-likeness (QED) is 0.215. The molecule has 0 aromatic heterocycles. The van der Waals surface area contributed by atoms with Crippen molar-refractivity contribution >= 4 is 29.0 Å². The van der Waals surface area contributed by atoms with Crippen LogP contribution in [-0.4, -0.2) is 87.3 Å². The van der Waals surface area contributed by atoms with Gasteiger partial charge in [-0.15, -0.1) is 0 Å². The summed E-state index contributed by atoms with van der Waals surface area (Å²) in [6.45, 7) is 12.3. The SMILES string of the molecule is CCOC(=O)c1ccc(N2CCN(Cc3ccccc3[N+](=O)[O-])CC2)cc1.CCOC(=O)c1ccc(N2CCNCC2)cc1. The van der Waals surface area contributed by atoms with Crippen LogP contribution < -0.4 is 15.1 Å². The van der Waals surface area contributed by atoms with Crippen LogP contribution in [0.2, 0.25) is 0 Å². The zero-order chi connectivity index (χ0) is 31.3. The van der Waals surface area contributed by atoms with Crippen molar-refractivity contribution in [3.05, 3.63) is 99.6 Å². The minimum atomic E-state index is -0.323. The molecule has 11 heteroatoms. The Morgan fingerprint density at radius 2 is 1.20 bits per heavy atom. The Morgan fingerprint density at radius 1 is 0.727 bits per heavy atom. The van der Waals surface area contributed by atoms with Crippen molar-refractivity contribution in [2.24, 2.45) is 0 Å². The Hall–Kier alpha value is -4.48. The number of para-hydroxylation sites is 1. The van der Waals surface area contributed by atoms with E-state index in [-0.39, 0.29) is 22.5 Å². The molecule has 11 nitrogen and oxygen atoms in total. The van der Waals surface area contributed by atoms with Crippen molar-refractivity contribution in [1.82, 2.24) is 10.2 Å². The summed E-state index contributed by atoms with van der Waals surface area (Å²) in [4.78, 5) is 40.9. The summed E-state index contributed by atoms with van der Waals surface area (Å²) in [6.07, 6.45) is 0. The molecular formula is C33H41N5O6. The summed E-state index contributed by atoms with van der Waals surface area (Å²) in [7, 11) is 0. The molecular weight excluding hydrogens is 562 g/mol. The van der Waals surface area contributed by atoms with E-state index in [1.54, 1.807) is 31.2 Å². The van der Waals surface area contributed by atoms with Gasteiger partial charge in [0.15, 0.2) is 0 Å². The van der Waals surface area contributed by atoms with Crippen LogP contribution in [0, 0.1) is 10.1 Å². The van der Waals surface area contributed by atoms with Crippen molar-refractivity contribution in [3.63, 3.8) is 0 Å². The fourth-order valence-corrected chi connectivity index (χ4v) is 5.20. The van der Waals surface area contributed by atoms with Gasteiger partial charge in [0, 0.05) is 81.9 Å². The van der Waals surface area contributed by atoms with E-state index in [0.717, 1.165) is 63.6 Å². The maximum absolute atomic E-state index is 11.7. The number of rotatable bonds is 9. The van der Waals surface area contributed by atoms with Crippen molar-refractivity contribution in [2.75, 3.05) is 75.4 Å². The number of nitro groups is 1. The van der Waals surface area contributed by atoms with Gasteiger partial charge in [-0.05, 0) is 62.4 Å². The molecule has 0 bridgehead atoms. The van der Waals surface area contributed by atoms with Gasteiger partial charge in [0.05, 0.1) is 29.3 Å². The van der Waals surface area contributed by atoms with E-state index in [9.17, 15) is 19.7 Å². The van der Waals surface area contributed by atoms with Crippen molar-refractivity contribution < 1.29 is 24.0 Å². The Kier molecular flexibility index (Phi) is 12.1. The van der Waals surface area contributed by atoms with Crippen LogP contribution in [0.25, 0.3) is 0 Å². The second-order valence-corrected chi connectivity index (χ2v) is 10.4. The van der Waals surface area contributed by atoms with Crippen molar-refractivity contribution in [1.29, 1.82) is 0 Å². The maximum Gasteiger partial charge on any atom is 0.338 e. The van der Waals surface area contributed by atoms with Gasteiger partial charge < -0.3 is 24.6 Å². The third-order valence-corrected chi connectivity index (χ3v) is 7.56. The van der Waals surface area contributed by atoms with Gasteiger partial charge in [-0.3, -0.25) is 15.0 Å². The van der Waals surface area contributed by atoms with Crippen LogP contribution in [0.3, 0.4) is 0 Å². The van der Waals surface area contributed by atoms with E-state index in [1.165, 1.54) is 5.69 Å². The number of esters is 2. The van der Waals surface area contributed by atoms with Crippen LogP contribution >= 0.6 is 0 Å². The van der Waals surface area contributed by atoms with Gasteiger partial charge in [-0.2, -0.15) is 0 Å².